The number of nitrogens with one attached hydrogen (secondary N) is 1. The zero-order valence-corrected chi connectivity index (χ0v) is 9.48. The number of nitrogens with two attached hydrogens (primary N) is 2. The Hall–Kier alpha value is -2.16. The van der Waals surface area contributed by atoms with Crippen molar-refractivity contribution < 1.29 is 0 Å². The van der Waals surface area contributed by atoms with Crippen LogP contribution < -0.4 is 16.8 Å². The van der Waals surface area contributed by atoms with Crippen molar-refractivity contribution in [2.45, 2.75) is 12.5 Å². The van der Waals surface area contributed by atoms with Gasteiger partial charge in [-0.25, -0.2) is 0 Å². The molecule has 0 saturated carbocycles. The van der Waals surface area contributed by atoms with Crippen molar-refractivity contribution in [2.24, 2.45) is 0 Å². The number of hydrogen-bond acceptors (Lipinski definition) is 3. The minimum absolute atomic E-state index is 0.257. The lowest BCUT2D eigenvalue weighted by atomic mass is 10.0. The van der Waals surface area contributed by atoms with Crippen LogP contribution in [0, 0.1) is 0 Å². The molecule has 1 aliphatic heterocycles. The Morgan fingerprint density at radius 1 is 1.06 bits per heavy atom. The summed E-state index contributed by atoms with van der Waals surface area (Å²) in [4.78, 5) is 0. The van der Waals surface area contributed by atoms with Gasteiger partial charge in [-0.3, -0.25) is 0 Å². The van der Waals surface area contributed by atoms with E-state index in [1.165, 1.54) is 11.3 Å². The highest BCUT2D eigenvalue weighted by Gasteiger charge is 2.22. The van der Waals surface area contributed by atoms with Crippen molar-refractivity contribution in [2.75, 3.05) is 16.8 Å². The van der Waals surface area contributed by atoms with Gasteiger partial charge in [-0.05, 0) is 35.7 Å². The maximum Gasteiger partial charge on any atom is 0.0575 e. The molecule has 1 aliphatic rings. The molecule has 1 heterocycles. The van der Waals surface area contributed by atoms with E-state index in [4.69, 9.17) is 11.5 Å². The summed E-state index contributed by atoms with van der Waals surface area (Å²) in [6.45, 7) is 0. The summed E-state index contributed by atoms with van der Waals surface area (Å²) < 4.78 is 0. The zero-order valence-electron chi connectivity index (χ0n) is 9.48. The predicted molar refractivity (Wildman–Crippen MR) is 71.8 cm³/mol. The second kappa shape index (κ2) is 3.70. The molecule has 2 aromatic rings. The molecule has 0 aliphatic carbocycles. The second-order valence-electron chi connectivity index (χ2n) is 4.45. The lowest BCUT2D eigenvalue weighted by molar-refractivity contribution is 0.827. The van der Waals surface area contributed by atoms with Gasteiger partial charge in [0.2, 0.25) is 0 Å². The fourth-order valence-corrected chi connectivity index (χ4v) is 2.40. The molecule has 5 N–H and O–H groups in total. The Labute approximate surface area is 100 Å². The molecule has 86 valence electrons. The Morgan fingerprint density at radius 3 is 2.65 bits per heavy atom. The molecule has 0 radical (unpaired) electrons. The first-order valence-corrected chi connectivity index (χ1v) is 5.73. The van der Waals surface area contributed by atoms with Crippen LogP contribution >= 0.6 is 0 Å². The van der Waals surface area contributed by atoms with Gasteiger partial charge >= 0.3 is 0 Å². The lowest BCUT2D eigenvalue weighted by Crippen LogP contribution is -2.09. The fourth-order valence-electron chi connectivity index (χ4n) is 2.40. The van der Waals surface area contributed by atoms with Crippen LogP contribution in [0.25, 0.3) is 0 Å². The lowest BCUT2D eigenvalue weighted by Gasteiger charge is -2.14. The molecular formula is C14H15N3. The third-order valence-electron chi connectivity index (χ3n) is 3.26. The Kier molecular flexibility index (Phi) is 2.18. The Bertz CT molecular complexity index is 538. The minimum Gasteiger partial charge on any atom is -0.399 e. The average Bonchev–Trinajstić information content (AvgIpc) is 2.72. The number of anilines is 3. The quantitative estimate of drug-likeness (QED) is 0.653. The van der Waals surface area contributed by atoms with Crippen LogP contribution in [0.15, 0.2) is 42.5 Å². The van der Waals surface area contributed by atoms with Crippen LogP contribution in [0.4, 0.5) is 17.1 Å². The van der Waals surface area contributed by atoms with Crippen molar-refractivity contribution in [1.82, 2.24) is 0 Å². The van der Waals surface area contributed by atoms with Crippen molar-refractivity contribution in [3.05, 3.63) is 53.6 Å². The summed E-state index contributed by atoms with van der Waals surface area (Å²) >= 11 is 0. The summed E-state index contributed by atoms with van der Waals surface area (Å²) in [5.41, 5.74) is 16.9. The maximum atomic E-state index is 6.02. The highest BCUT2D eigenvalue weighted by molar-refractivity contribution is 5.64. The first-order chi connectivity index (χ1) is 8.24. The van der Waals surface area contributed by atoms with E-state index in [-0.39, 0.29) is 6.04 Å². The van der Waals surface area contributed by atoms with Crippen LogP contribution in [-0.2, 0) is 6.42 Å². The molecule has 1 unspecified atom stereocenters. The third-order valence-corrected chi connectivity index (χ3v) is 3.26. The van der Waals surface area contributed by atoms with Gasteiger partial charge in [0.15, 0.2) is 0 Å². The van der Waals surface area contributed by atoms with E-state index in [1.54, 1.807) is 0 Å². The predicted octanol–water partition coefficient (Wildman–Crippen LogP) is 2.56. The van der Waals surface area contributed by atoms with E-state index in [0.29, 0.717) is 5.69 Å². The fraction of sp³-hybridized carbons (Fsp3) is 0.143. The molecule has 0 spiro atoms. The molecule has 2 aromatic carbocycles. The number of benzene rings is 2. The summed E-state index contributed by atoms with van der Waals surface area (Å²) in [5.74, 6) is 0. The number of nitrogen functional groups attached to an aromatic ring is 2. The van der Waals surface area contributed by atoms with E-state index in [2.05, 4.69) is 23.5 Å². The molecule has 17 heavy (non-hydrogen) atoms. The smallest absolute Gasteiger partial charge is 0.0575 e. The van der Waals surface area contributed by atoms with Crippen molar-refractivity contribution in [3.63, 3.8) is 0 Å². The van der Waals surface area contributed by atoms with Crippen molar-refractivity contribution in [1.29, 1.82) is 0 Å². The number of fused-ring (bicyclic) bond motifs is 1. The molecule has 0 aromatic heterocycles. The van der Waals surface area contributed by atoms with Crippen LogP contribution in [0.5, 0.6) is 0 Å². The summed E-state index contributed by atoms with van der Waals surface area (Å²) in [5, 5.41) is 3.49. The van der Waals surface area contributed by atoms with Crippen LogP contribution in [0.2, 0.25) is 0 Å². The van der Waals surface area contributed by atoms with Gasteiger partial charge < -0.3 is 16.8 Å². The van der Waals surface area contributed by atoms with Crippen molar-refractivity contribution in [3.8, 4) is 0 Å². The maximum absolute atomic E-state index is 6.02. The molecule has 3 nitrogen and oxygen atoms in total. The standard InChI is InChI=1S/C14H15N3/c15-10-5-6-11(12(16)8-10)14-7-9-3-1-2-4-13(9)17-14/h1-6,8,14,17H,7,15-16H2. The molecule has 3 rings (SSSR count). The SMILES string of the molecule is Nc1ccc(C2Cc3ccccc3N2)c(N)c1. The largest absolute Gasteiger partial charge is 0.399 e. The molecule has 0 amide bonds. The van der Waals surface area contributed by atoms with Gasteiger partial charge in [-0.1, -0.05) is 24.3 Å². The molecule has 0 bridgehead atoms. The van der Waals surface area contributed by atoms with Crippen LogP contribution in [0.1, 0.15) is 17.2 Å². The normalized spacial score (nSPS) is 17.5. The molecular weight excluding hydrogens is 210 g/mol. The topological polar surface area (TPSA) is 64.1 Å². The van der Waals surface area contributed by atoms with E-state index in [1.807, 2.05) is 24.3 Å². The molecule has 1 atom stereocenters. The first kappa shape index (κ1) is 10.0. The van der Waals surface area contributed by atoms with E-state index >= 15 is 0 Å². The Balaban J connectivity index is 1.94. The molecule has 0 saturated heterocycles. The monoisotopic (exact) mass is 225 g/mol. The van der Waals surface area contributed by atoms with E-state index in [9.17, 15) is 0 Å². The Morgan fingerprint density at radius 2 is 1.88 bits per heavy atom. The van der Waals surface area contributed by atoms with Gasteiger partial charge in [-0.15, -0.1) is 0 Å². The minimum atomic E-state index is 0.257. The molecule has 0 fully saturated rings. The zero-order chi connectivity index (χ0) is 11.8. The van der Waals surface area contributed by atoms with Crippen molar-refractivity contribution >= 4 is 17.1 Å². The van der Waals surface area contributed by atoms with Crippen LogP contribution in [0.3, 0.4) is 0 Å². The third kappa shape index (κ3) is 1.69. The number of hydrogen-bond donors (Lipinski definition) is 3. The molecule has 3 heteroatoms. The summed E-state index contributed by atoms with van der Waals surface area (Å²) in [6.07, 6.45) is 0.976. The van der Waals surface area contributed by atoms with E-state index in [0.717, 1.165) is 17.7 Å². The summed E-state index contributed by atoms with van der Waals surface area (Å²) in [6, 6.07) is 14.3. The van der Waals surface area contributed by atoms with Gasteiger partial charge in [0.1, 0.15) is 0 Å². The van der Waals surface area contributed by atoms with Gasteiger partial charge in [-0.2, -0.15) is 0 Å². The average molecular weight is 225 g/mol. The highest BCUT2D eigenvalue weighted by Crippen LogP contribution is 2.36. The highest BCUT2D eigenvalue weighted by atomic mass is 15.0. The van der Waals surface area contributed by atoms with Gasteiger partial charge in [0.25, 0.3) is 0 Å². The van der Waals surface area contributed by atoms with Gasteiger partial charge in [0, 0.05) is 17.1 Å². The van der Waals surface area contributed by atoms with Gasteiger partial charge in [0.05, 0.1) is 6.04 Å². The number of para-hydroxylation sites is 1. The second-order valence-corrected chi connectivity index (χ2v) is 4.45. The first-order valence-electron chi connectivity index (χ1n) is 5.73. The summed E-state index contributed by atoms with van der Waals surface area (Å²) in [7, 11) is 0. The van der Waals surface area contributed by atoms with Crippen LogP contribution in [-0.4, -0.2) is 0 Å². The van der Waals surface area contributed by atoms with E-state index < -0.39 is 0 Å². The number of rotatable bonds is 1.